The Kier molecular flexibility index (Phi) is 9.99. The first-order valence-corrected chi connectivity index (χ1v) is 14.3. The Bertz CT molecular complexity index is 1270. The van der Waals surface area contributed by atoms with Crippen molar-refractivity contribution in [2.45, 2.75) is 50.2 Å². The standard InChI is InChI=1S/C17H29N7O12P2/c18-5-3-1-2-4-6-20-17(27)35-12-11(25)9(7-33-38(31,32)36-37(28,29)30)34-15(12)24-8-21-10-13(24)22-16(19)23-14(10)26/h8-9,11-12,15,25H,1-7,18H2,(H,20,27)(H,31,32)(H2,28,29,30)(H3,19,22,23,26)/t9-,11-,12-,15-/m1/s1. The van der Waals surface area contributed by atoms with E-state index in [-0.39, 0.29) is 23.7 Å². The van der Waals surface area contributed by atoms with Crippen molar-refractivity contribution < 1.29 is 52.0 Å². The van der Waals surface area contributed by atoms with Crippen LogP contribution in [0.2, 0.25) is 0 Å². The minimum absolute atomic E-state index is 0.0865. The fraction of sp³-hybridized carbons (Fsp3) is 0.647. The van der Waals surface area contributed by atoms with Crippen LogP contribution in [0.5, 0.6) is 0 Å². The molecule has 0 bridgehead atoms. The number of imidazole rings is 1. The van der Waals surface area contributed by atoms with E-state index in [1.54, 1.807) is 0 Å². The maximum Gasteiger partial charge on any atom is 0.481 e. The van der Waals surface area contributed by atoms with Crippen molar-refractivity contribution in [3.05, 3.63) is 16.7 Å². The Morgan fingerprint density at radius 3 is 2.63 bits per heavy atom. The van der Waals surface area contributed by atoms with Gasteiger partial charge < -0.3 is 46.0 Å². The number of phosphoric ester groups is 1. The number of ether oxygens (including phenoxy) is 2. The fourth-order valence-corrected chi connectivity index (χ4v) is 5.24. The summed E-state index contributed by atoms with van der Waals surface area (Å²) in [5.41, 5.74) is 10.1. The van der Waals surface area contributed by atoms with E-state index < -0.39 is 58.4 Å². The zero-order chi connectivity index (χ0) is 28.1. The van der Waals surface area contributed by atoms with Crippen LogP contribution in [0.25, 0.3) is 11.2 Å². The number of aromatic nitrogens is 4. The number of carbonyl (C=O) groups is 1. The number of rotatable bonds is 13. The smallest absolute Gasteiger partial charge is 0.439 e. The Morgan fingerprint density at radius 2 is 1.95 bits per heavy atom. The van der Waals surface area contributed by atoms with Crippen LogP contribution in [-0.4, -0.2) is 83.4 Å². The minimum Gasteiger partial charge on any atom is -0.439 e. The van der Waals surface area contributed by atoms with Crippen molar-refractivity contribution in [2.75, 3.05) is 25.4 Å². The molecule has 1 fully saturated rings. The molecule has 0 aromatic carbocycles. The zero-order valence-corrected chi connectivity index (χ0v) is 21.6. The number of hydrogen-bond donors (Lipinski definition) is 8. The maximum atomic E-state index is 12.4. The molecular weight excluding hydrogens is 556 g/mol. The second kappa shape index (κ2) is 12.6. The number of unbranched alkanes of at least 4 members (excludes halogenated alkanes) is 3. The van der Waals surface area contributed by atoms with E-state index in [1.165, 1.54) is 0 Å². The molecule has 214 valence electrons. The highest BCUT2D eigenvalue weighted by Crippen LogP contribution is 2.57. The summed E-state index contributed by atoms with van der Waals surface area (Å²) in [4.78, 5) is 61.8. The quantitative estimate of drug-likeness (QED) is 0.101. The largest absolute Gasteiger partial charge is 0.481 e. The van der Waals surface area contributed by atoms with Crippen LogP contribution in [0.4, 0.5) is 10.7 Å². The Labute approximate surface area is 214 Å². The van der Waals surface area contributed by atoms with E-state index in [1.807, 2.05) is 0 Å². The van der Waals surface area contributed by atoms with Crippen LogP contribution in [0, 0.1) is 0 Å². The number of carbonyl (C=O) groups excluding carboxylic acids is 1. The molecule has 19 nitrogen and oxygen atoms in total. The first kappa shape index (κ1) is 30.1. The molecule has 3 rings (SSSR count). The minimum atomic E-state index is -5.39. The zero-order valence-electron chi connectivity index (χ0n) is 19.8. The second-order valence-corrected chi connectivity index (χ2v) is 11.0. The molecule has 21 heteroatoms. The molecule has 3 heterocycles. The molecule has 1 amide bonds. The summed E-state index contributed by atoms with van der Waals surface area (Å²) >= 11 is 0. The van der Waals surface area contributed by atoms with E-state index in [0.717, 1.165) is 30.2 Å². The van der Waals surface area contributed by atoms with Crippen molar-refractivity contribution in [3.8, 4) is 0 Å². The van der Waals surface area contributed by atoms with Crippen LogP contribution < -0.4 is 22.3 Å². The van der Waals surface area contributed by atoms with E-state index >= 15 is 0 Å². The van der Waals surface area contributed by atoms with Crippen molar-refractivity contribution in [1.29, 1.82) is 0 Å². The average molecular weight is 585 g/mol. The third kappa shape index (κ3) is 8.03. The summed E-state index contributed by atoms with van der Waals surface area (Å²) in [6.07, 6.45) is -2.65. The highest BCUT2D eigenvalue weighted by molar-refractivity contribution is 7.60. The molecule has 2 aromatic rings. The van der Waals surface area contributed by atoms with Gasteiger partial charge in [-0.15, -0.1) is 0 Å². The van der Waals surface area contributed by atoms with Gasteiger partial charge in [0.05, 0.1) is 12.9 Å². The summed E-state index contributed by atoms with van der Waals surface area (Å²) in [6.45, 7) is -0.0935. The van der Waals surface area contributed by atoms with Crippen molar-refractivity contribution >= 4 is 38.9 Å². The number of nitrogens with one attached hydrogen (secondary N) is 2. The third-order valence-corrected chi connectivity index (χ3v) is 7.44. The van der Waals surface area contributed by atoms with Gasteiger partial charge in [0.2, 0.25) is 5.95 Å². The predicted octanol–water partition coefficient (Wildman–Crippen LogP) is -1.20. The molecule has 0 aliphatic carbocycles. The van der Waals surface area contributed by atoms with Crippen LogP contribution in [-0.2, 0) is 27.4 Å². The SMILES string of the molecule is NCCCCCCNC(=O)O[C@@H]1[C@H](O)[C@@H](COP(=O)(O)OP(=O)(O)O)O[C@H]1n1cnc2c(=O)[nH]c(N)nc21. The van der Waals surface area contributed by atoms with E-state index in [9.17, 15) is 28.7 Å². The van der Waals surface area contributed by atoms with Gasteiger partial charge in [-0.2, -0.15) is 9.29 Å². The molecule has 2 aromatic heterocycles. The number of aliphatic hydroxyl groups excluding tert-OH is 1. The van der Waals surface area contributed by atoms with Gasteiger partial charge in [0.1, 0.15) is 12.2 Å². The molecule has 0 spiro atoms. The molecule has 5 atom stereocenters. The summed E-state index contributed by atoms with van der Waals surface area (Å²) in [6, 6.07) is 0. The van der Waals surface area contributed by atoms with Gasteiger partial charge in [-0.25, -0.2) is 18.9 Å². The predicted molar refractivity (Wildman–Crippen MR) is 127 cm³/mol. The lowest BCUT2D eigenvalue weighted by molar-refractivity contribution is -0.0522. The Balaban J connectivity index is 1.78. The van der Waals surface area contributed by atoms with Crippen LogP contribution >= 0.6 is 15.6 Å². The summed E-state index contributed by atoms with van der Waals surface area (Å²) in [5.74, 6) is -0.261. The number of aliphatic hydroxyl groups is 1. The summed E-state index contributed by atoms with van der Waals surface area (Å²) < 4.78 is 43.2. The van der Waals surface area contributed by atoms with Gasteiger partial charge in [-0.05, 0) is 19.4 Å². The third-order valence-electron chi connectivity index (χ3n) is 5.29. The molecule has 38 heavy (non-hydrogen) atoms. The lowest BCUT2D eigenvalue weighted by atomic mass is 10.1. The van der Waals surface area contributed by atoms with E-state index in [0.29, 0.717) is 13.0 Å². The normalized spacial score (nSPS) is 23.4. The van der Waals surface area contributed by atoms with Crippen molar-refractivity contribution in [3.63, 3.8) is 0 Å². The first-order valence-electron chi connectivity index (χ1n) is 11.3. The number of anilines is 1. The van der Waals surface area contributed by atoms with Gasteiger partial charge in [0.15, 0.2) is 23.5 Å². The van der Waals surface area contributed by atoms with Crippen LogP contribution in [0.15, 0.2) is 11.1 Å². The van der Waals surface area contributed by atoms with Crippen molar-refractivity contribution in [2.24, 2.45) is 5.73 Å². The van der Waals surface area contributed by atoms with E-state index in [4.69, 9.17) is 30.7 Å². The lowest BCUT2D eigenvalue weighted by Gasteiger charge is -2.22. The van der Waals surface area contributed by atoms with Gasteiger partial charge in [-0.3, -0.25) is 18.9 Å². The number of alkyl carbamates (subject to hydrolysis) is 1. The summed E-state index contributed by atoms with van der Waals surface area (Å²) in [5, 5.41) is 13.3. The molecule has 1 aliphatic rings. The first-order chi connectivity index (χ1) is 17.8. The number of nitrogen functional groups attached to an aromatic ring is 1. The molecule has 1 unspecified atom stereocenters. The molecule has 1 saturated heterocycles. The van der Waals surface area contributed by atoms with Gasteiger partial charge in [0.25, 0.3) is 5.56 Å². The second-order valence-electron chi connectivity index (χ2n) is 8.17. The number of H-pyrrole nitrogens is 1. The Morgan fingerprint density at radius 1 is 1.24 bits per heavy atom. The molecule has 0 saturated carbocycles. The lowest BCUT2D eigenvalue weighted by Crippen LogP contribution is -2.40. The average Bonchev–Trinajstić information content (AvgIpc) is 3.34. The number of amides is 1. The van der Waals surface area contributed by atoms with Crippen molar-refractivity contribution in [1.82, 2.24) is 24.8 Å². The number of aromatic amines is 1. The monoisotopic (exact) mass is 585 g/mol. The summed E-state index contributed by atoms with van der Waals surface area (Å²) in [7, 11) is -10.7. The maximum absolute atomic E-state index is 12.4. The van der Waals surface area contributed by atoms with Gasteiger partial charge >= 0.3 is 21.7 Å². The van der Waals surface area contributed by atoms with Crippen LogP contribution in [0.3, 0.4) is 0 Å². The van der Waals surface area contributed by atoms with E-state index in [2.05, 4.69) is 29.1 Å². The van der Waals surface area contributed by atoms with Crippen LogP contribution in [0.1, 0.15) is 31.9 Å². The molecular formula is C17H29N7O12P2. The molecule has 1 aliphatic heterocycles. The topological polar surface area (TPSA) is 297 Å². The van der Waals surface area contributed by atoms with Gasteiger partial charge in [0, 0.05) is 6.54 Å². The fourth-order valence-electron chi connectivity index (χ4n) is 3.64. The van der Waals surface area contributed by atoms with Gasteiger partial charge in [-0.1, -0.05) is 12.8 Å². The Hall–Kier alpha value is -2.44. The highest BCUT2D eigenvalue weighted by atomic mass is 31.3. The number of nitrogens with zero attached hydrogens (tertiary/aromatic N) is 3. The number of hydrogen-bond acceptors (Lipinski definition) is 13. The number of phosphoric acid groups is 2. The highest BCUT2D eigenvalue weighted by Gasteiger charge is 2.49. The number of fused-ring (bicyclic) bond motifs is 1. The molecule has 10 N–H and O–H groups in total. The number of nitrogens with two attached hydrogens (primary N) is 2. The molecule has 0 radical (unpaired) electrons.